The molecule has 0 aliphatic rings. The zero-order chi connectivity index (χ0) is 11.4. The molecule has 4 nitrogen and oxygen atoms in total. The Morgan fingerprint density at radius 3 is 2.60 bits per heavy atom. The zero-order valence-electron chi connectivity index (χ0n) is 8.73. The first-order valence-electron chi connectivity index (χ1n) is 4.66. The van der Waals surface area contributed by atoms with Gasteiger partial charge in [-0.2, -0.15) is 0 Å². The summed E-state index contributed by atoms with van der Waals surface area (Å²) in [6.45, 7) is 3.89. The second kappa shape index (κ2) is 4.79. The van der Waals surface area contributed by atoms with E-state index in [4.69, 9.17) is 4.74 Å². The predicted octanol–water partition coefficient (Wildman–Crippen LogP) is 1.84. The number of carbonyl (C=O) groups excluding carboxylic acids is 1. The monoisotopic (exact) mass is 210 g/mol. The van der Waals surface area contributed by atoms with Gasteiger partial charge in [0.25, 0.3) is 0 Å². The minimum Gasteiger partial charge on any atom is -0.508 e. The van der Waals surface area contributed by atoms with Crippen molar-refractivity contribution >= 4 is 6.29 Å². The SMILES string of the molecule is CC(C)OCc1cc(O)cc(C=O)c1O. The van der Waals surface area contributed by atoms with Crippen LogP contribution in [-0.2, 0) is 11.3 Å². The second-order valence-corrected chi connectivity index (χ2v) is 3.52. The highest BCUT2D eigenvalue weighted by Gasteiger charge is 2.09. The van der Waals surface area contributed by atoms with Crippen molar-refractivity contribution in [3.63, 3.8) is 0 Å². The molecule has 0 amide bonds. The lowest BCUT2D eigenvalue weighted by Crippen LogP contribution is -2.03. The van der Waals surface area contributed by atoms with E-state index in [0.29, 0.717) is 11.8 Å². The maximum Gasteiger partial charge on any atom is 0.153 e. The summed E-state index contributed by atoms with van der Waals surface area (Å²) < 4.78 is 5.28. The summed E-state index contributed by atoms with van der Waals surface area (Å²) in [6.07, 6.45) is 0.514. The molecule has 0 fully saturated rings. The summed E-state index contributed by atoms with van der Waals surface area (Å²) in [4.78, 5) is 10.6. The van der Waals surface area contributed by atoms with E-state index in [1.54, 1.807) is 0 Å². The molecule has 0 saturated carbocycles. The van der Waals surface area contributed by atoms with E-state index < -0.39 is 0 Å². The third-order valence-corrected chi connectivity index (χ3v) is 1.90. The zero-order valence-corrected chi connectivity index (χ0v) is 8.73. The number of hydrogen-bond donors (Lipinski definition) is 2. The van der Waals surface area contributed by atoms with Crippen LogP contribution in [0.5, 0.6) is 11.5 Å². The molecule has 0 aliphatic heterocycles. The Labute approximate surface area is 88.1 Å². The van der Waals surface area contributed by atoms with Crippen molar-refractivity contribution in [2.24, 2.45) is 0 Å². The Bertz CT molecular complexity index is 358. The van der Waals surface area contributed by atoms with Gasteiger partial charge in [0, 0.05) is 5.56 Å². The number of hydrogen-bond acceptors (Lipinski definition) is 4. The van der Waals surface area contributed by atoms with Crippen molar-refractivity contribution in [1.29, 1.82) is 0 Å². The van der Waals surface area contributed by atoms with Gasteiger partial charge in [-0.1, -0.05) is 0 Å². The van der Waals surface area contributed by atoms with Crippen LogP contribution in [0.2, 0.25) is 0 Å². The summed E-state index contributed by atoms with van der Waals surface area (Å²) >= 11 is 0. The van der Waals surface area contributed by atoms with Crippen LogP contribution in [0.15, 0.2) is 12.1 Å². The standard InChI is InChI=1S/C11H14O4/c1-7(2)15-6-9-4-10(13)3-8(5-12)11(9)14/h3-5,7,13-14H,6H2,1-2H3. The molecule has 0 spiro atoms. The Kier molecular flexibility index (Phi) is 3.68. The van der Waals surface area contributed by atoms with Crippen molar-refractivity contribution in [2.45, 2.75) is 26.6 Å². The summed E-state index contributed by atoms with van der Waals surface area (Å²) in [5.41, 5.74) is 0.475. The quantitative estimate of drug-likeness (QED) is 0.587. The fourth-order valence-electron chi connectivity index (χ4n) is 1.16. The molecule has 0 radical (unpaired) electrons. The van der Waals surface area contributed by atoms with Crippen molar-refractivity contribution < 1.29 is 19.7 Å². The van der Waals surface area contributed by atoms with Crippen molar-refractivity contribution in [1.82, 2.24) is 0 Å². The second-order valence-electron chi connectivity index (χ2n) is 3.52. The van der Waals surface area contributed by atoms with Crippen LogP contribution in [0.25, 0.3) is 0 Å². The van der Waals surface area contributed by atoms with Gasteiger partial charge < -0.3 is 14.9 Å². The van der Waals surface area contributed by atoms with E-state index in [-0.39, 0.29) is 29.8 Å². The van der Waals surface area contributed by atoms with Crippen LogP contribution < -0.4 is 0 Å². The van der Waals surface area contributed by atoms with E-state index >= 15 is 0 Å². The van der Waals surface area contributed by atoms with Crippen LogP contribution in [-0.4, -0.2) is 22.6 Å². The van der Waals surface area contributed by atoms with Crippen molar-refractivity contribution in [3.8, 4) is 11.5 Å². The average molecular weight is 210 g/mol. The van der Waals surface area contributed by atoms with E-state index in [1.807, 2.05) is 13.8 Å². The predicted molar refractivity (Wildman–Crippen MR) is 55.1 cm³/mol. The summed E-state index contributed by atoms with van der Waals surface area (Å²) in [7, 11) is 0. The molecule has 1 rings (SSSR count). The van der Waals surface area contributed by atoms with Crippen molar-refractivity contribution in [2.75, 3.05) is 0 Å². The maximum atomic E-state index is 10.6. The van der Waals surface area contributed by atoms with E-state index in [1.165, 1.54) is 12.1 Å². The molecule has 4 heteroatoms. The fraction of sp³-hybridized carbons (Fsp3) is 0.364. The lowest BCUT2D eigenvalue weighted by atomic mass is 10.1. The molecule has 0 bridgehead atoms. The van der Waals surface area contributed by atoms with Gasteiger partial charge >= 0.3 is 0 Å². The van der Waals surface area contributed by atoms with Crippen LogP contribution in [0, 0.1) is 0 Å². The average Bonchev–Trinajstić information content (AvgIpc) is 2.18. The number of aldehydes is 1. The molecule has 0 saturated heterocycles. The molecule has 0 aliphatic carbocycles. The Balaban J connectivity index is 2.96. The lowest BCUT2D eigenvalue weighted by Gasteiger charge is -2.10. The largest absolute Gasteiger partial charge is 0.508 e. The molecule has 1 aromatic carbocycles. The minimum atomic E-state index is -0.136. The van der Waals surface area contributed by atoms with Gasteiger partial charge in [-0.3, -0.25) is 4.79 Å². The first kappa shape index (κ1) is 11.5. The van der Waals surface area contributed by atoms with Crippen molar-refractivity contribution in [3.05, 3.63) is 23.3 Å². The molecule has 82 valence electrons. The number of phenols is 2. The number of benzene rings is 1. The van der Waals surface area contributed by atoms with Gasteiger partial charge in [0.2, 0.25) is 0 Å². The third kappa shape index (κ3) is 2.95. The molecular formula is C11H14O4. The smallest absolute Gasteiger partial charge is 0.153 e. The molecule has 0 atom stereocenters. The number of aromatic hydroxyl groups is 2. The van der Waals surface area contributed by atoms with Gasteiger partial charge in [-0.25, -0.2) is 0 Å². The summed E-state index contributed by atoms with van der Waals surface area (Å²) in [5, 5.41) is 18.9. The summed E-state index contributed by atoms with van der Waals surface area (Å²) in [5.74, 6) is -0.194. The van der Waals surface area contributed by atoms with Gasteiger partial charge in [-0.15, -0.1) is 0 Å². The van der Waals surface area contributed by atoms with E-state index in [0.717, 1.165) is 0 Å². The highest BCUT2D eigenvalue weighted by Crippen LogP contribution is 2.27. The molecular weight excluding hydrogens is 196 g/mol. The van der Waals surface area contributed by atoms with Gasteiger partial charge in [0.1, 0.15) is 11.5 Å². The Morgan fingerprint density at radius 2 is 2.07 bits per heavy atom. The van der Waals surface area contributed by atoms with Crippen LogP contribution in [0.3, 0.4) is 0 Å². The number of rotatable bonds is 4. The lowest BCUT2D eigenvalue weighted by molar-refractivity contribution is 0.0643. The molecule has 2 N–H and O–H groups in total. The highest BCUT2D eigenvalue weighted by atomic mass is 16.5. The normalized spacial score (nSPS) is 10.6. The van der Waals surface area contributed by atoms with E-state index in [9.17, 15) is 15.0 Å². The van der Waals surface area contributed by atoms with Gasteiger partial charge in [0.05, 0.1) is 18.3 Å². The molecule has 1 aromatic rings. The highest BCUT2D eigenvalue weighted by molar-refractivity contribution is 5.80. The maximum absolute atomic E-state index is 10.6. The minimum absolute atomic E-state index is 0.0198. The number of carbonyl (C=O) groups is 1. The van der Waals surface area contributed by atoms with E-state index in [2.05, 4.69) is 0 Å². The van der Waals surface area contributed by atoms with Crippen LogP contribution >= 0.6 is 0 Å². The fourth-order valence-corrected chi connectivity index (χ4v) is 1.16. The molecule has 0 unspecified atom stereocenters. The van der Waals surface area contributed by atoms with Gasteiger partial charge in [0.15, 0.2) is 6.29 Å². The van der Waals surface area contributed by atoms with Gasteiger partial charge in [-0.05, 0) is 26.0 Å². The first-order valence-corrected chi connectivity index (χ1v) is 4.66. The van der Waals surface area contributed by atoms with Crippen LogP contribution in [0.4, 0.5) is 0 Å². The summed E-state index contributed by atoms with van der Waals surface area (Å²) in [6, 6.07) is 2.59. The first-order chi connectivity index (χ1) is 7.04. The number of phenolic OH excluding ortho intramolecular Hbond substituents is 2. The van der Waals surface area contributed by atoms with Crippen LogP contribution in [0.1, 0.15) is 29.8 Å². The molecule has 0 heterocycles. The molecule has 15 heavy (non-hydrogen) atoms. The Hall–Kier alpha value is -1.55. The topological polar surface area (TPSA) is 66.8 Å². The molecule has 0 aromatic heterocycles. The Morgan fingerprint density at radius 1 is 1.40 bits per heavy atom. The third-order valence-electron chi connectivity index (χ3n) is 1.90. The number of ether oxygens (including phenoxy) is 1.